The minimum absolute atomic E-state index is 0.491. The lowest BCUT2D eigenvalue weighted by atomic mass is 10.0. The maximum Gasteiger partial charge on any atom is 0.0573 e. The molecular weight excluding hydrogens is 124 g/mol. The molecule has 1 atom stereocenters. The van der Waals surface area contributed by atoms with Crippen LogP contribution in [-0.2, 0) is 4.74 Å². The molecule has 0 bridgehead atoms. The largest absolute Gasteiger partial charge is 0.381 e. The predicted octanol–water partition coefficient (Wildman–Crippen LogP) is 2.85. The highest BCUT2D eigenvalue weighted by Crippen LogP contribution is 2.11. The van der Waals surface area contributed by atoms with Crippen molar-refractivity contribution in [3.63, 3.8) is 0 Å². The minimum atomic E-state index is 0.491. The third-order valence-electron chi connectivity index (χ3n) is 1.68. The zero-order valence-electron chi connectivity index (χ0n) is 7.68. The van der Waals surface area contributed by atoms with Crippen LogP contribution in [0.2, 0.25) is 0 Å². The van der Waals surface area contributed by atoms with E-state index in [1.54, 1.807) is 0 Å². The quantitative estimate of drug-likeness (QED) is 0.576. The molecule has 0 aromatic heterocycles. The maximum absolute atomic E-state index is 5.30. The normalized spacial score (nSPS) is 14.1. The second kappa shape index (κ2) is 5.72. The molecule has 1 heteroatoms. The van der Waals surface area contributed by atoms with Crippen LogP contribution in [-0.4, -0.2) is 13.2 Å². The molecule has 0 radical (unpaired) electrons. The average Bonchev–Trinajstić information content (AvgIpc) is 1.86. The van der Waals surface area contributed by atoms with Gasteiger partial charge in [-0.3, -0.25) is 0 Å². The Morgan fingerprint density at radius 3 is 2.20 bits per heavy atom. The second-order valence-electron chi connectivity index (χ2n) is 3.28. The van der Waals surface area contributed by atoms with Crippen molar-refractivity contribution in [2.75, 3.05) is 7.11 Å². The maximum atomic E-state index is 5.30. The van der Waals surface area contributed by atoms with Crippen molar-refractivity contribution in [3.05, 3.63) is 0 Å². The van der Waals surface area contributed by atoms with Gasteiger partial charge in [-0.2, -0.15) is 0 Å². The Balaban J connectivity index is 3.39. The molecule has 0 saturated carbocycles. The third-order valence-corrected chi connectivity index (χ3v) is 1.68. The summed E-state index contributed by atoms with van der Waals surface area (Å²) in [6, 6.07) is 0. The first-order valence-corrected chi connectivity index (χ1v) is 4.23. The van der Waals surface area contributed by atoms with Gasteiger partial charge in [-0.05, 0) is 18.8 Å². The molecule has 1 nitrogen and oxygen atoms in total. The number of methoxy groups -OCH3 is 1. The first-order valence-electron chi connectivity index (χ1n) is 4.23. The summed E-state index contributed by atoms with van der Waals surface area (Å²) in [5.74, 6) is 0.761. The van der Waals surface area contributed by atoms with E-state index in [1.807, 2.05) is 7.11 Å². The highest BCUT2D eigenvalue weighted by atomic mass is 16.5. The van der Waals surface area contributed by atoms with Crippen molar-refractivity contribution >= 4 is 0 Å². The number of hydrogen-bond donors (Lipinski definition) is 0. The van der Waals surface area contributed by atoms with Gasteiger partial charge in [-0.15, -0.1) is 0 Å². The molecule has 0 spiro atoms. The van der Waals surface area contributed by atoms with Crippen LogP contribution in [0.3, 0.4) is 0 Å². The monoisotopic (exact) mass is 144 g/mol. The van der Waals surface area contributed by atoms with Gasteiger partial charge in [0.15, 0.2) is 0 Å². The summed E-state index contributed by atoms with van der Waals surface area (Å²) in [6.07, 6.45) is 4.12. The van der Waals surface area contributed by atoms with Crippen LogP contribution < -0.4 is 0 Å². The Morgan fingerprint density at radius 1 is 1.30 bits per heavy atom. The van der Waals surface area contributed by atoms with Crippen LogP contribution in [0.1, 0.15) is 40.0 Å². The molecule has 0 fully saturated rings. The summed E-state index contributed by atoms with van der Waals surface area (Å²) >= 11 is 0. The lowest BCUT2D eigenvalue weighted by molar-refractivity contribution is 0.0769. The molecule has 0 aromatic rings. The molecule has 0 amide bonds. The van der Waals surface area contributed by atoms with Gasteiger partial charge >= 0.3 is 0 Å². The van der Waals surface area contributed by atoms with Crippen molar-refractivity contribution in [2.45, 2.75) is 46.1 Å². The number of hydrogen-bond acceptors (Lipinski definition) is 1. The zero-order valence-corrected chi connectivity index (χ0v) is 7.68. The Hall–Kier alpha value is -0.0400. The van der Waals surface area contributed by atoms with Crippen molar-refractivity contribution < 1.29 is 4.74 Å². The van der Waals surface area contributed by atoms with Crippen LogP contribution in [0, 0.1) is 5.92 Å². The fourth-order valence-corrected chi connectivity index (χ4v) is 1.18. The zero-order chi connectivity index (χ0) is 7.98. The fourth-order valence-electron chi connectivity index (χ4n) is 1.18. The Kier molecular flexibility index (Phi) is 5.70. The molecule has 0 saturated heterocycles. The molecule has 0 aliphatic carbocycles. The van der Waals surface area contributed by atoms with Gasteiger partial charge in [0.05, 0.1) is 6.10 Å². The smallest absolute Gasteiger partial charge is 0.0573 e. The molecule has 0 aliphatic rings. The minimum Gasteiger partial charge on any atom is -0.381 e. The molecular formula is C9H20O. The summed E-state index contributed by atoms with van der Waals surface area (Å²) in [5, 5.41) is 0. The second-order valence-corrected chi connectivity index (χ2v) is 3.28. The van der Waals surface area contributed by atoms with E-state index in [-0.39, 0.29) is 0 Å². The summed E-state index contributed by atoms with van der Waals surface area (Å²) < 4.78 is 5.30. The van der Waals surface area contributed by atoms with Gasteiger partial charge in [0.1, 0.15) is 0 Å². The first kappa shape index (κ1) is 9.96. The molecule has 0 N–H and O–H groups in total. The molecule has 1 unspecified atom stereocenters. The van der Waals surface area contributed by atoms with E-state index in [1.165, 1.54) is 19.3 Å². The summed E-state index contributed by atoms with van der Waals surface area (Å²) in [7, 11) is 1.81. The standard InChI is InChI=1S/C9H20O/c1-5-6-9(10-4)7-8(2)3/h8-9H,5-7H2,1-4H3. The highest BCUT2D eigenvalue weighted by Gasteiger charge is 2.07. The average molecular weight is 144 g/mol. The van der Waals surface area contributed by atoms with Crippen LogP contribution in [0.4, 0.5) is 0 Å². The third kappa shape index (κ3) is 4.80. The lowest BCUT2D eigenvalue weighted by Crippen LogP contribution is -2.12. The van der Waals surface area contributed by atoms with E-state index in [4.69, 9.17) is 4.74 Å². The Morgan fingerprint density at radius 2 is 1.90 bits per heavy atom. The molecule has 62 valence electrons. The van der Waals surface area contributed by atoms with Crippen LogP contribution >= 0.6 is 0 Å². The van der Waals surface area contributed by atoms with Crippen molar-refractivity contribution in [2.24, 2.45) is 5.92 Å². The number of ether oxygens (including phenoxy) is 1. The Bertz CT molecular complexity index is 69.1. The number of rotatable bonds is 5. The summed E-state index contributed by atoms with van der Waals surface area (Å²) in [5.41, 5.74) is 0. The molecule has 0 heterocycles. The Labute approximate surface area is 64.8 Å². The van der Waals surface area contributed by atoms with Gasteiger partial charge in [-0.25, -0.2) is 0 Å². The van der Waals surface area contributed by atoms with Crippen molar-refractivity contribution in [1.82, 2.24) is 0 Å². The van der Waals surface area contributed by atoms with Gasteiger partial charge in [0.25, 0.3) is 0 Å². The SMILES string of the molecule is CCCC(CC(C)C)OC. The lowest BCUT2D eigenvalue weighted by Gasteiger charge is -2.15. The highest BCUT2D eigenvalue weighted by molar-refractivity contribution is 4.58. The van der Waals surface area contributed by atoms with Crippen LogP contribution in [0.25, 0.3) is 0 Å². The first-order chi connectivity index (χ1) is 4.70. The van der Waals surface area contributed by atoms with E-state index in [0.717, 1.165) is 5.92 Å². The summed E-state index contributed by atoms with van der Waals surface area (Å²) in [4.78, 5) is 0. The van der Waals surface area contributed by atoms with E-state index in [2.05, 4.69) is 20.8 Å². The van der Waals surface area contributed by atoms with E-state index in [9.17, 15) is 0 Å². The molecule has 0 aromatic carbocycles. The fraction of sp³-hybridized carbons (Fsp3) is 1.00. The van der Waals surface area contributed by atoms with Gasteiger partial charge < -0.3 is 4.74 Å². The summed E-state index contributed by atoms with van der Waals surface area (Å²) in [6.45, 7) is 6.68. The predicted molar refractivity (Wildman–Crippen MR) is 45.2 cm³/mol. The van der Waals surface area contributed by atoms with Gasteiger partial charge in [0, 0.05) is 7.11 Å². The van der Waals surface area contributed by atoms with E-state index >= 15 is 0 Å². The van der Waals surface area contributed by atoms with Gasteiger partial charge in [0.2, 0.25) is 0 Å². The van der Waals surface area contributed by atoms with E-state index in [0.29, 0.717) is 6.10 Å². The molecule has 0 rings (SSSR count). The van der Waals surface area contributed by atoms with Crippen LogP contribution in [0.5, 0.6) is 0 Å². The van der Waals surface area contributed by atoms with Gasteiger partial charge in [-0.1, -0.05) is 27.2 Å². The van der Waals surface area contributed by atoms with Crippen molar-refractivity contribution in [1.29, 1.82) is 0 Å². The van der Waals surface area contributed by atoms with E-state index < -0.39 is 0 Å². The van der Waals surface area contributed by atoms with Crippen LogP contribution in [0.15, 0.2) is 0 Å². The topological polar surface area (TPSA) is 9.23 Å². The molecule has 10 heavy (non-hydrogen) atoms. The molecule has 0 aliphatic heterocycles. The van der Waals surface area contributed by atoms with Crippen molar-refractivity contribution in [3.8, 4) is 0 Å².